The molecule has 0 saturated heterocycles. The van der Waals surface area contributed by atoms with Crippen molar-refractivity contribution in [2.24, 2.45) is 16.3 Å². The van der Waals surface area contributed by atoms with Crippen LogP contribution in [0.4, 0.5) is 0 Å². The van der Waals surface area contributed by atoms with E-state index in [1.807, 2.05) is 0 Å². The van der Waals surface area contributed by atoms with Gasteiger partial charge < -0.3 is 9.47 Å². The largest absolute Gasteiger partial charge is 0.472 e. The van der Waals surface area contributed by atoms with Gasteiger partial charge in [-0.3, -0.25) is 4.99 Å². The molecule has 0 amide bonds. The molecule has 0 aromatic rings. The zero-order valence-electron chi connectivity index (χ0n) is 11.1. The summed E-state index contributed by atoms with van der Waals surface area (Å²) in [4.78, 5) is 4.55. The number of allylic oxidation sites excluding steroid dienone is 2. The van der Waals surface area contributed by atoms with Crippen LogP contribution in [0.1, 0.15) is 27.2 Å². The van der Waals surface area contributed by atoms with Crippen molar-refractivity contribution >= 4 is 5.90 Å². The lowest BCUT2D eigenvalue weighted by Gasteiger charge is -2.32. The van der Waals surface area contributed by atoms with Gasteiger partial charge in [0.1, 0.15) is 11.4 Å². The van der Waals surface area contributed by atoms with Crippen molar-refractivity contribution < 1.29 is 9.47 Å². The molecular weight excluding hydrogens is 226 g/mol. The summed E-state index contributed by atoms with van der Waals surface area (Å²) < 4.78 is 11.6. The second kappa shape index (κ2) is 3.74. The molecule has 18 heavy (non-hydrogen) atoms. The van der Waals surface area contributed by atoms with Gasteiger partial charge >= 0.3 is 0 Å². The summed E-state index contributed by atoms with van der Waals surface area (Å²) in [6.45, 7) is 6.97. The Labute approximate surface area is 108 Å². The summed E-state index contributed by atoms with van der Waals surface area (Å²) in [7, 11) is 0. The fourth-order valence-corrected chi connectivity index (χ4v) is 2.51. The van der Waals surface area contributed by atoms with Gasteiger partial charge in [0.15, 0.2) is 5.90 Å². The number of aliphatic imine (C=N–C) groups is 1. The van der Waals surface area contributed by atoms with Gasteiger partial charge in [-0.1, -0.05) is 12.2 Å². The number of ether oxygens (including phenoxy) is 2. The molecule has 96 valence electrons. The van der Waals surface area contributed by atoms with Crippen LogP contribution in [0, 0.1) is 11.3 Å². The van der Waals surface area contributed by atoms with Crippen LogP contribution < -0.4 is 0 Å². The van der Waals surface area contributed by atoms with Gasteiger partial charge in [0.2, 0.25) is 0 Å². The summed E-state index contributed by atoms with van der Waals surface area (Å²) in [6.07, 6.45) is 11.4. The highest BCUT2D eigenvalue weighted by atomic mass is 16.5. The molecule has 0 saturated carbocycles. The molecule has 0 aromatic heterocycles. The van der Waals surface area contributed by atoms with Crippen LogP contribution in [0.2, 0.25) is 0 Å². The Morgan fingerprint density at radius 2 is 2.17 bits per heavy atom. The van der Waals surface area contributed by atoms with Crippen molar-refractivity contribution in [3.05, 3.63) is 36.3 Å². The summed E-state index contributed by atoms with van der Waals surface area (Å²) in [5, 5.41) is 0. The standard InChI is InChI=1S/C15H19NO2/c1-14(2)10-16-13(18-14)15(3)7-6-11-5-4-8-17-12(11)9-15/h4,6-9,11H,5,10H2,1-3H3/t11-,15-/m1/s1. The molecule has 1 aliphatic carbocycles. The molecule has 3 rings (SSSR count). The molecule has 0 spiro atoms. The van der Waals surface area contributed by atoms with E-state index >= 15 is 0 Å². The number of hydrogen-bond donors (Lipinski definition) is 0. The van der Waals surface area contributed by atoms with E-state index in [0.717, 1.165) is 24.6 Å². The van der Waals surface area contributed by atoms with Gasteiger partial charge in [-0.05, 0) is 39.3 Å². The third-order valence-corrected chi connectivity index (χ3v) is 3.61. The maximum Gasteiger partial charge on any atom is 0.198 e. The van der Waals surface area contributed by atoms with Gasteiger partial charge in [0.25, 0.3) is 0 Å². The zero-order chi connectivity index (χ0) is 12.8. The average molecular weight is 245 g/mol. The predicted molar refractivity (Wildman–Crippen MR) is 71.1 cm³/mol. The molecule has 2 atom stereocenters. The van der Waals surface area contributed by atoms with E-state index in [0.29, 0.717) is 5.92 Å². The van der Waals surface area contributed by atoms with Crippen molar-refractivity contribution in [2.75, 3.05) is 6.54 Å². The zero-order valence-corrected chi connectivity index (χ0v) is 11.1. The Morgan fingerprint density at radius 1 is 1.33 bits per heavy atom. The van der Waals surface area contributed by atoms with Crippen LogP contribution in [0.5, 0.6) is 0 Å². The van der Waals surface area contributed by atoms with Gasteiger partial charge in [-0.25, -0.2) is 0 Å². The molecule has 0 aromatic carbocycles. The lowest BCUT2D eigenvalue weighted by Crippen LogP contribution is -2.32. The molecule has 3 nitrogen and oxygen atoms in total. The van der Waals surface area contributed by atoms with Gasteiger partial charge in [0.05, 0.1) is 18.2 Å². The molecule has 0 N–H and O–H groups in total. The Hall–Kier alpha value is -1.51. The molecule has 3 aliphatic rings. The second-order valence-electron chi connectivity index (χ2n) is 6.00. The van der Waals surface area contributed by atoms with E-state index in [4.69, 9.17) is 9.47 Å². The Bertz CT molecular complexity index is 485. The molecule has 0 radical (unpaired) electrons. The monoisotopic (exact) mass is 245 g/mol. The van der Waals surface area contributed by atoms with Gasteiger partial charge in [-0.2, -0.15) is 0 Å². The normalized spacial score (nSPS) is 36.3. The second-order valence-corrected chi connectivity index (χ2v) is 6.00. The molecule has 0 fully saturated rings. The first-order valence-electron chi connectivity index (χ1n) is 6.46. The third kappa shape index (κ3) is 1.88. The van der Waals surface area contributed by atoms with Crippen molar-refractivity contribution in [3.8, 4) is 0 Å². The Kier molecular flexibility index (Phi) is 2.40. The van der Waals surface area contributed by atoms with Crippen LogP contribution >= 0.6 is 0 Å². The molecule has 3 heteroatoms. The minimum Gasteiger partial charge on any atom is -0.472 e. The number of rotatable bonds is 1. The van der Waals surface area contributed by atoms with Crippen LogP contribution in [0.25, 0.3) is 0 Å². The van der Waals surface area contributed by atoms with E-state index in [2.05, 4.69) is 50.1 Å². The minimum absolute atomic E-state index is 0.186. The van der Waals surface area contributed by atoms with Crippen LogP contribution in [0.15, 0.2) is 41.3 Å². The highest BCUT2D eigenvalue weighted by Gasteiger charge is 2.39. The topological polar surface area (TPSA) is 30.8 Å². The van der Waals surface area contributed by atoms with Crippen LogP contribution in [-0.2, 0) is 9.47 Å². The first kappa shape index (κ1) is 11.6. The van der Waals surface area contributed by atoms with E-state index < -0.39 is 0 Å². The van der Waals surface area contributed by atoms with Crippen LogP contribution in [-0.4, -0.2) is 18.0 Å². The fourth-order valence-electron chi connectivity index (χ4n) is 2.51. The molecule has 2 aliphatic heterocycles. The predicted octanol–water partition coefficient (Wildman–Crippen LogP) is 3.20. The minimum atomic E-state index is -0.273. The SMILES string of the molecule is CC1(C)CN=C([C@]2(C)C=C[C@H]3CC=COC3=C2)O1. The lowest BCUT2D eigenvalue weighted by molar-refractivity contribution is 0.119. The van der Waals surface area contributed by atoms with E-state index in [-0.39, 0.29) is 11.0 Å². The van der Waals surface area contributed by atoms with Crippen molar-refractivity contribution in [2.45, 2.75) is 32.8 Å². The third-order valence-electron chi connectivity index (χ3n) is 3.61. The smallest absolute Gasteiger partial charge is 0.198 e. The van der Waals surface area contributed by atoms with Crippen LogP contribution in [0.3, 0.4) is 0 Å². The molecule has 0 bridgehead atoms. The molecule has 0 unspecified atom stereocenters. The number of fused-ring (bicyclic) bond motifs is 1. The average Bonchev–Trinajstić information content (AvgIpc) is 2.70. The first-order valence-corrected chi connectivity index (χ1v) is 6.46. The molecule has 2 heterocycles. The summed E-state index contributed by atoms with van der Waals surface area (Å²) in [5.41, 5.74) is -0.459. The van der Waals surface area contributed by atoms with E-state index in [1.54, 1.807) is 6.26 Å². The summed E-state index contributed by atoms with van der Waals surface area (Å²) in [5.74, 6) is 2.18. The Morgan fingerprint density at radius 3 is 2.89 bits per heavy atom. The van der Waals surface area contributed by atoms with Gasteiger partial charge in [-0.15, -0.1) is 0 Å². The van der Waals surface area contributed by atoms with Crippen molar-refractivity contribution in [3.63, 3.8) is 0 Å². The lowest BCUT2D eigenvalue weighted by atomic mass is 9.80. The Balaban J connectivity index is 1.89. The van der Waals surface area contributed by atoms with Crippen molar-refractivity contribution in [1.29, 1.82) is 0 Å². The van der Waals surface area contributed by atoms with Crippen molar-refractivity contribution in [1.82, 2.24) is 0 Å². The summed E-state index contributed by atoms with van der Waals surface area (Å²) >= 11 is 0. The fraction of sp³-hybridized carbons (Fsp3) is 0.533. The summed E-state index contributed by atoms with van der Waals surface area (Å²) in [6, 6.07) is 0. The molecular formula is C15H19NO2. The number of hydrogen-bond acceptors (Lipinski definition) is 3. The number of nitrogens with zero attached hydrogens (tertiary/aromatic N) is 1. The highest BCUT2D eigenvalue weighted by molar-refractivity contribution is 5.88. The van der Waals surface area contributed by atoms with Gasteiger partial charge in [0, 0.05) is 5.92 Å². The van der Waals surface area contributed by atoms with E-state index in [9.17, 15) is 0 Å². The van der Waals surface area contributed by atoms with E-state index in [1.165, 1.54) is 0 Å². The highest BCUT2D eigenvalue weighted by Crippen LogP contribution is 2.39. The maximum absolute atomic E-state index is 5.95. The quantitative estimate of drug-likeness (QED) is 0.664. The maximum atomic E-state index is 5.95. The first-order chi connectivity index (χ1) is 8.49.